The van der Waals surface area contributed by atoms with E-state index in [9.17, 15) is 13.2 Å². The molecule has 0 heterocycles. The van der Waals surface area contributed by atoms with Crippen molar-refractivity contribution < 1.29 is 17.9 Å². The molecule has 1 fully saturated rings. The molecule has 1 aromatic carbocycles. The van der Waals surface area contributed by atoms with Gasteiger partial charge in [-0.1, -0.05) is 29.6 Å². The highest BCUT2D eigenvalue weighted by Crippen LogP contribution is 2.32. The maximum absolute atomic E-state index is 12.2. The number of esters is 1. The second-order valence-electron chi connectivity index (χ2n) is 4.87. The molecule has 0 bridgehead atoms. The molecule has 0 saturated heterocycles. The van der Waals surface area contributed by atoms with E-state index in [1.54, 1.807) is 0 Å². The number of carbonyl (C=O) groups excluding carboxylic acids is 1. The van der Waals surface area contributed by atoms with Crippen LogP contribution in [0.2, 0.25) is 10.0 Å². The van der Waals surface area contributed by atoms with E-state index in [0.717, 1.165) is 38.2 Å². The molecule has 0 amide bonds. The second-order valence-corrected chi connectivity index (χ2v) is 8.22. The van der Waals surface area contributed by atoms with Gasteiger partial charge in [0.2, 0.25) is 0 Å². The molecule has 21 heavy (non-hydrogen) atoms. The number of hydrogen-bond acceptors (Lipinski definition) is 4. The summed E-state index contributed by atoms with van der Waals surface area (Å²) in [5, 5.41) is -0.218. The summed E-state index contributed by atoms with van der Waals surface area (Å²) >= 11 is 11.8. The highest BCUT2D eigenvalue weighted by Gasteiger charge is 2.25. The fourth-order valence-corrected chi connectivity index (χ4v) is 4.14. The third-order valence-electron chi connectivity index (χ3n) is 3.31. The Morgan fingerprint density at radius 2 is 1.76 bits per heavy atom. The fraction of sp³-hybridized carbons (Fsp3) is 0.462. The first kappa shape index (κ1) is 16.9. The maximum atomic E-state index is 12.2. The van der Waals surface area contributed by atoms with E-state index in [2.05, 4.69) is 0 Å². The van der Waals surface area contributed by atoms with E-state index in [4.69, 9.17) is 38.6 Å². The monoisotopic (exact) mass is 370 g/mol. The van der Waals surface area contributed by atoms with Crippen LogP contribution in [-0.4, -0.2) is 20.5 Å². The zero-order valence-electron chi connectivity index (χ0n) is 10.9. The van der Waals surface area contributed by atoms with Gasteiger partial charge in [-0.15, -0.1) is 0 Å². The lowest BCUT2D eigenvalue weighted by Crippen LogP contribution is -2.21. The highest BCUT2D eigenvalue weighted by atomic mass is 35.7. The predicted molar refractivity (Wildman–Crippen MR) is 81.8 cm³/mol. The minimum Gasteiger partial charge on any atom is -0.459 e. The molecule has 8 heteroatoms. The molecule has 2 rings (SSSR count). The van der Waals surface area contributed by atoms with Crippen LogP contribution in [0.25, 0.3) is 0 Å². The Kier molecular flexibility index (Phi) is 5.41. The molecule has 0 unspecified atom stereocenters. The van der Waals surface area contributed by atoms with E-state index in [-0.39, 0.29) is 21.7 Å². The van der Waals surface area contributed by atoms with Crippen LogP contribution in [0.3, 0.4) is 0 Å². The van der Waals surface area contributed by atoms with Gasteiger partial charge in [0.05, 0.1) is 10.6 Å². The van der Waals surface area contributed by atoms with Crippen molar-refractivity contribution in [2.45, 2.75) is 43.1 Å². The van der Waals surface area contributed by atoms with Gasteiger partial charge in [0, 0.05) is 15.7 Å². The molecule has 0 N–H and O–H groups in total. The molecule has 4 nitrogen and oxygen atoms in total. The van der Waals surface area contributed by atoms with Gasteiger partial charge in [0.15, 0.2) is 0 Å². The van der Waals surface area contributed by atoms with Crippen LogP contribution in [0, 0.1) is 0 Å². The maximum Gasteiger partial charge on any atom is 0.340 e. The number of rotatable bonds is 3. The van der Waals surface area contributed by atoms with E-state index >= 15 is 0 Å². The number of ether oxygens (including phenoxy) is 1. The lowest BCUT2D eigenvalue weighted by atomic mass is 9.98. The van der Waals surface area contributed by atoms with Gasteiger partial charge in [-0.3, -0.25) is 0 Å². The minimum absolute atomic E-state index is 0.0502. The van der Waals surface area contributed by atoms with E-state index in [0.29, 0.717) is 0 Å². The Balaban J connectivity index is 2.30. The SMILES string of the molecule is O=C(OC1CCCCC1)c1cc(Cl)cc(S(=O)(=O)Cl)c1Cl. The topological polar surface area (TPSA) is 60.4 Å². The first-order valence-corrected chi connectivity index (χ1v) is 9.50. The predicted octanol–water partition coefficient (Wildman–Crippen LogP) is 4.41. The molecule has 116 valence electrons. The van der Waals surface area contributed by atoms with Crippen LogP contribution in [0.5, 0.6) is 0 Å². The summed E-state index contributed by atoms with van der Waals surface area (Å²) < 4.78 is 28.2. The van der Waals surface area contributed by atoms with Crippen molar-refractivity contribution in [3.8, 4) is 0 Å². The molecule has 0 radical (unpaired) electrons. The molecule has 1 aromatic rings. The van der Waals surface area contributed by atoms with Crippen molar-refractivity contribution in [2.24, 2.45) is 0 Å². The van der Waals surface area contributed by atoms with Crippen LogP contribution in [0.4, 0.5) is 0 Å². The van der Waals surface area contributed by atoms with E-state index in [1.807, 2.05) is 0 Å². The third kappa shape index (κ3) is 4.25. The lowest BCUT2D eigenvalue weighted by Gasteiger charge is -2.22. The average Bonchev–Trinajstić information content (AvgIpc) is 2.40. The average molecular weight is 372 g/mol. The molecule has 1 saturated carbocycles. The van der Waals surface area contributed by atoms with E-state index in [1.165, 1.54) is 6.07 Å². The van der Waals surface area contributed by atoms with Crippen molar-refractivity contribution in [1.29, 1.82) is 0 Å². The molecular formula is C13H13Cl3O4S. The van der Waals surface area contributed by atoms with Gasteiger partial charge in [-0.05, 0) is 37.8 Å². The second kappa shape index (κ2) is 6.73. The Morgan fingerprint density at radius 1 is 1.14 bits per heavy atom. The minimum atomic E-state index is -4.10. The number of halogens is 3. The Morgan fingerprint density at radius 3 is 2.33 bits per heavy atom. The van der Waals surface area contributed by atoms with Crippen molar-refractivity contribution in [3.63, 3.8) is 0 Å². The zero-order chi connectivity index (χ0) is 15.6. The normalized spacial score (nSPS) is 16.7. The van der Waals surface area contributed by atoms with Crippen molar-refractivity contribution in [3.05, 3.63) is 27.7 Å². The summed E-state index contributed by atoms with van der Waals surface area (Å²) in [6.45, 7) is 0. The fourth-order valence-electron chi connectivity index (χ4n) is 2.29. The zero-order valence-corrected chi connectivity index (χ0v) is 14.0. The molecule has 0 spiro atoms. The van der Waals surface area contributed by atoms with Gasteiger partial charge in [0.1, 0.15) is 11.0 Å². The molecule has 0 atom stereocenters. The Labute approximate surface area is 137 Å². The molecule has 0 aromatic heterocycles. The standard InChI is InChI=1S/C13H13Cl3O4S/c14-8-6-10(12(15)11(7-8)21(16,18)19)13(17)20-9-4-2-1-3-5-9/h6-7,9H,1-5H2. The highest BCUT2D eigenvalue weighted by molar-refractivity contribution is 8.13. The number of hydrogen-bond donors (Lipinski definition) is 0. The van der Waals surface area contributed by atoms with Crippen LogP contribution in [-0.2, 0) is 13.8 Å². The summed E-state index contributed by atoms with van der Waals surface area (Å²) in [5.41, 5.74) is -0.0889. The van der Waals surface area contributed by atoms with Gasteiger partial charge in [-0.2, -0.15) is 0 Å². The van der Waals surface area contributed by atoms with Crippen molar-refractivity contribution in [2.75, 3.05) is 0 Å². The first-order valence-electron chi connectivity index (χ1n) is 6.43. The number of carbonyl (C=O) groups is 1. The van der Waals surface area contributed by atoms with Gasteiger partial charge in [-0.25, -0.2) is 13.2 Å². The largest absolute Gasteiger partial charge is 0.459 e. The van der Waals surface area contributed by atoms with Crippen LogP contribution < -0.4 is 0 Å². The van der Waals surface area contributed by atoms with Crippen LogP contribution in [0.15, 0.2) is 17.0 Å². The summed E-state index contributed by atoms with van der Waals surface area (Å²) in [4.78, 5) is 11.8. The van der Waals surface area contributed by atoms with Crippen molar-refractivity contribution in [1.82, 2.24) is 0 Å². The summed E-state index contributed by atoms with van der Waals surface area (Å²) in [5.74, 6) is -0.684. The molecule has 0 aliphatic heterocycles. The summed E-state index contributed by atoms with van der Waals surface area (Å²) in [6, 6.07) is 2.38. The summed E-state index contributed by atoms with van der Waals surface area (Å²) in [7, 11) is 1.18. The van der Waals surface area contributed by atoms with E-state index < -0.39 is 19.9 Å². The molecule has 1 aliphatic rings. The Hall–Kier alpha value is -0.490. The van der Waals surface area contributed by atoms with Gasteiger partial charge in [0.25, 0.3) is 9.05 Å². The first-order chi connectivity index (χ1) is 9.79. The van der Waals surface area contributed by atoms with Crippen molar-refractivity contribution >= 4 is 48.9 Å². The Bertz CT molecular complexity index is 652. The van der Waals surface area contributed by atoms with Gasteiger partial charge < -0.3 is 4.74 Å². The van der Waals surface area contributed by atoms with Crippen LogP contribution >= 0.6 is 33.9 Å². The summed E-state index contributed by atoms with van der Waals surface area (Å²) in [6.07, 6.45) is 4.55. The third-order valence-corrected chi connectivity index (χ3v) is 5.40. The quantitative estimate of drug-likeness (QED) is 0.583. The number of benzene rings is 1. The van der Waals surface area contributed by atoms with Gasteiger partial charge >= 0.3 is 5.97 Å². The molecular weight excluding hydrogens is 359 g/mol. The molecule has 1 aliphatic carbocycles. The smallest absolute Gasteiger partial charge is 0.340 e. The lowest BCUT2D eigenvalue weighted by molar-refractivity contribution is 0.0211. The van der Waals surface area contributed by atoms with Crippen LogP contribution in [0.1, 0.15) is 42.5 Å².